The maximum Gasteiger partial charge on any atom is 0.338 e. The van der Waals surface area contributed by atoms with Gasteiger partial charge in [-0.05, 0) is 31.2 Å². The molecule has 0 bridgehead atoms. The highest BCUT2D eigenvalue weighted by atomic mass is 19.1. The molecule has 0 unspecified atom stereocenters. The van der Waals surface area contributed by atoms with Crippen molar-refractivity contribution < 1.29 is 13.9 Å². The average Bonchev–Trinajstić information content (AvgIpc) is 2.42. The van der Waals surface area contributed by atoms with Gasteiger partial charge in [-0.1, -0.05) is 0 Å². The van der Waals surface area contributed by atoms with Gasteiger partial charge in [-0.2, -0.15) is 0 Å². The van der Waals surface area contributed by atoms with Crippen molar-refractivity contribution in [3.8, 4) is 0 Å². The molecule has 2 heterocycles. The highest BCUT2D eigenvalue weighted by Gasteiger charge is 2.38. The first-order valence-electron chi connectivity index (χ1n) is 6.41. The van der Waals surface area contributed by atoms with Crippen molar-refractivity contribution >= 4 is 22.6 Å². The van der Waals surface area contributed by atoms with Crippen LogP contribution in [0.2, 0.25) is 0 Å². The Morgan fingerprint density at radius 3 is 2.80 bits per heavy atom. The summed E-state index contributed by atoms with van der Waals surface area (Å²) in [7, 11) is 1.35. The highest BCUT2D eigenvalue weighted by molar-refractivity contribution is 6.04. The zero-order valence-electron chi connectivity index (χ0n) is 11.4. The van der Waals surface area contributed by atoms with Crippen molar-refractivity contribution in [2.24, 2.45) is 0 Å². The van der Waals surface area contributed by atoms with Crippen LogP contribution < -0.4 is 4.90 Å². The lowest BCUT2D eigenvalue weighted by Crippen LogP contribution is -2.57. The predicted octanol–water partition coefficient (Wildman–Crippen LogP) is 2.57. The Balaban J connectivity index is 2.03. The van der Waals surface area contributed by atoms with Crippen molar-refractivity contribution in [3.63, 3.8) is 0 Å². The Bertz CT molecular complexity index is 677. The summed E-state index contributed by atoms with van der Waals surface area (Å²) in [6.07, 6.45) is 1.58. The molecular formula is C15H15FN2O2. The first-order chi connectivity index (χ1) is 9.50. The molecule has 1 aliphatic heterocycles. The summed E-state index contributed by atoms with van der Waals surface area (Å²) < 4.78 is 18.4. The lowest BCUT2D eigenvalue weighted by Gasteiger charge is -2.43. The number of alkyl halides is 1. The average molecular weight is 274 g/mol. The van der Waals surface area contributed by atoms with Crippen LogP contribution in [0.4, 0.5) is 10.1 Å². The van der Waals surface area contributed by atoms with E-state index in [2.05, 4.69) is 4.98 Å². The van der Waals surface area contributed by atoms with Gasteiger partial charge in [0.25, 0.3) is 0 Å². The van der Waals surface area contributed by atoms with Crippen LogP contribution in [0.5, 0.6) is 0 Å². The van der Waals surface area contributed by atoms with E-state index < -0.39 is 11.6 Å². The van der Waals surface area contributed by atoms with Crippen LogP contribution in [0, 0.1) is 0 Å². The number of aromatic nitrogens is 1. The second-order valence-corrected chi connectivity index (χ2v) is 5.32. The van der Waals surface area contributed by atoms with Crippen LogP contribution in [0.15, 0.2) is 30.5 Å². The maximum atomic E-state index is 13.6. The molecular weight excluding hydrogens is 259 g/mol. The monoisotopic (exact) mass is 274 g/mol. The van der Waals surface area contributed by atoms with Gasteiger partial charge < -0.3 is 9.64 Å². The molecule has 0 radical (unpaired) electrons. The number of carbonyl (C=O) groups excluding carboxylic acids is 1. The first-order valence-corrected chi connectivity index (χ1v) is 6.41. The maximum absolute atomic E-state index is 13.6. The van der Waals surface area contributed by atoms with E-state index in [0.29, 0.717) is 18.7 Å². The van der Waals surface area contributed by atoms with Crippen LogP contribution in [0.1, 0.15) is 17.3 Å². The minimum atomic E-state index is -1.13. The first kappa shape index (κ1) is 12.8. The van der Waals surface area contributed by atoms with E-state index in [1.54, 1.807) is 19.2 Å². The zero-order chi connectivity index (χ0) is 14.3. The summed E-state index contributed by atoms with van der Waals surface area (Å²) in [6.45, 7) is 2.32. The van der Waals surface area contributed by atoms with Crippen molar-refractivity contribution in [1.82, 2.24) is 4.98 Å². The van der Waals surface area contributed by atoms with Gasteiger partial charge in [0.2, 0.25) is 0 Å². The van der Waals surface area contributed by atoms with Gasteiger partial charge in [0.15, 0.2) is 0 Å². The third-order valence-corrected chi connectivity index (χ3v) is 3.54. The fourth-order valence-electron chi connectivity index (χ4n) is 2.55. The molecule has 4 nitrogen and oxygen atoms in total. The molecule has 0 spiro atoms. The normalized spacial score (nSPS) is 16.9. The van der Waals surface area contributed by atoms with Crippen LogP contribution in [0.3, 0.4) is 0 Å². The molecule has 5 heteroatoms. The summed E-state index contributed by atoms with van der Waals surface area (Å²) in [6, 6.07) is 7.23. The van der Waals surface area contributed by atoms with Crippen molar-refractivity contribution in [2.45, 2.75) is 12.6 Å². The third kappa shape index (κ3) is 2.09. The number of anilines is 1. The van der Waals surface area contributed by atoms with Gasteiger partial charge in [-0.3, -0.25) is 4.98 Å². The van der Waals surface area contributed by atoms with Crippen molar-refractivity contribution in [2.75, 3.05) is 25.1 Å². The van der Waals surface area contributed by atoms with E-state index in [-0.39, 0.29) is 0 Å². The minimum Gasteiger partial charge on any atom is -0.465 e. The Labute approximate surface area is 116 Å². The van der Waals surface area contributed by atoms with Crippen LogP contribution >= 0.6 is 0 Å². The molecule has 0 amide bonds. The molecule has 0 saturated carbocycles. The van der Waals surface area contributed by atoms with Gasteiger partial charge in [-0.15, -0.1) is 0 Å². The third-order valence-electron chi connectivity index (χ3n) is 3.54. The number of nitrogens with zero attached hydrogens (tertiary/aromatic N) is 2. The van der Waals surface area contributed by atoms with Crippen molar-refractivity contribution in [3.05, 3.63) is 36.0 Å². The predicted molar refractivity (Wildman–Crippen MR) is 74.8 cm³/mol. The fourth-order valence-corrected chi connectivity index (χ4v) is 2.55. The molecule has 1 aromatic carbocycles. The second kappa shape index (κ2) is 4.44. The Hall–Kier alpha value is -2.17. The standard InChI is InChI=1S/C15H15FN2O2/c1-15(16)8-18(9-15)10-3-4-13-12(7-10)11(5-6-17-13)14(19)20-2/h3-7H,8-9H2,1-2H3. The van der Waals surface area contributed by atoms with Gasteiger partial charge in [0.05, 0.1) is 31.3 Å². The lowest BCUT2D eigenvalue weighted by molar-refractivity contribution is 0.0603. The Morgan fingerprint density at radius 1 is 1.40 bits per heavy atom. The van der Waals surface area contributed by atoms with E-state index in [0.717, 1.165) is 16.6 Å². The number of fused-ring (bicyclic) bond motifs is 1. The molecule has 2 aromatic rings. The molecule has 104 valence electrons. The number of esters is 1. The van der Waals surface area contributed by atoms with E-state index in [4.69, 9.17) is 4.74 Å². The largest absolute Gasteiger partial charge is 0.465 e. The molecule has 1 saturated heterocycles. The number of halogens is 1. The molecule has 3 rings (SSSR count). The smallest absolute Gasteiger partial charge is 0.338 e. The van der Waals surface area contributed by atoms with Gasteiger partial charge in [-0.25, -0.2) is 9.18 Å². The molecule has 20 heavy (non-hydrogen) atoms. The van der Waals surface area contributed by atoms with Crippen LogP contribution in [-0.2, 0) is 4.74 Å². The topological polar surface area (TPSA) is 42.4 Å². The SMILES string of the molecule is COC(=O)c1ccnc2ccc(N3CC(C)(F)C3)cc12. The molecule has 1 fully saturated rings. The van der Waals surface area contributed by atoms with E-state index >= 15 is 0 Å². The van der Waals surface area contributed by atoms with Gasteiger partial charge >= 0.3 is 5.97 Å². The molecule has 1 aliphatic rings. The number of hydrogen-bond donors (Lipinski definition) is 0. The molecule has 0 atom stereocenters. The minimum absolute atomic E-state index is 0.367. The van der Waals surface area contributed by atoms with Crippen LogP contribution in [0.25, 0.3) is 10.9 Å². The van der Waals surface area contributed by atoms with Crippen molar-refractivity contribution in [1.29, 1.82) is 0 Å². The molecule has 0 N–H and O–H groups in total. The number of pyridine rings is 1. The van der Waals surface area contributed by atoms with Gasteiger partial charge in [0, 0.05) is 17.3 Å². The Morgan fingerprint density at radius 2 is 2.15 bits per heavy atom. The van der Waals surface area contributed by atoms with E-state index in [9.17, 15) is 9.18 Å². The lowest BCUT2D eigenvalue weighted by atomic mass is 9.97. The number of methoxy groups -OCH3 is 1. The summed E-state index contributed by atoms with van der Waals surface area (Å²) in [4.78, 5) is 17.9. The number of rotatable bonds is 2. The Kier molecular flexibility index (Phi) is 2.85. The number of hydrogen-bond acceptors (Lipinski definition) is 4. The zero-order valence-corrected chi connectivity index (χ0v) is 11.4. The molecule has 0 aliphatic carbocycles. The number of carbonyl (C=O) groups is 1. The fraction of sp³-hybridized carbons (Fsp3) is 0.333. The summed E-state index contributed by atoms with van der Waals surface area (Å²) in [5, 5.41) is 0.726. The summed E-state index contributed by atoms with van der Waals surface area (Å²) in [5.74, 6) is -0.395. The number of benzene rings is 1. The van der Waals surface area contributed by atoms with E-state index in [1.165, 1.54) is 7.11 Å². The quantitative estimate of drug-likeness (QED) is 0.789. The highest BCUT2D eigenvalue weighted by Crippen LogP contribution is 2.32. The number of ether oxygens (including phenoxy) is 1. The summed E-state index contributed by atoms with van der Waals surface area (Å²) in [5.41, 5.74) is 0.962. The van der Waals surface area contributed by atoms with Crippen LogP contribution in [-0.4, -0.2) is 36.8 Å². The van der Waals surface area contributed by atoms with E-state index in [1.807, 2.05) is 23.1 Å². The summed E-state index contributed by atoms with van der Waals surface area (Å²) >= 11 is 0. The molecule has 1 aromatic heterocycles. The second-order valence-electron chi connectivity index (χ2n) is 5.32. The van der Waals surface area contributed by atoms with Gasteiger partial charge in [0.1, 0.15) is 5.67 Å².